The quantitative estimate of drug-likeness (QED) is 0.173. The average molecular weight is 640 g/mol. The van der Waals surface area contributed by atoms with Crippen molar-refractivity contribution < 1.29 is 48.7 Å². The lowest BCUT2D eigenvalue weighted by Gasteiger charge is -2.59. The van der Waals surface area contributed by atoms with Crippen molar-refractivity contribution in [3.63, 3.8) is 0 Å². The molecule has 12 nitrogen and oxygen atoms in total. The van der Waals surface area contributed by atoms with Crippen LogP contribution in [0.1, 0.15) is 82.1 Å². The third kappa shape index (κ3) is 4.75. The molecule has 5 aliphatic rings. The second-order valence-corrected chi connectivity index (χ2v) is 14.1. The van der Waals surface area contributed by atoms with E-state index in [0.29, 0.717) is 31.2 Å². The molecule has 10 atom stereocenters. The van der Waals surface area contributed by atoms with E-state index in [-0.39, 0.29) is 42.1 Å². The molecule has 248 valence electrons. The lowest BCUT2D eigenvalue weighted by Crippen LogP contribution is -2.67. The molecule has 12 heteroatoms. The number of Topliss-reactive ketones (excluding diaryl/α,β-unsaturated/α-hetero) is 1. The van der Waals surface area contributed by atoms with Gasteiger partial charge in [0.2, 0.25) is 5.78 Å². The molecule has 0 radical (unpaired) electrons. The highest BCUT2D eigenvalue weighted by atomic mass is 16.9. The summed E-state index contributed by atoms with van der Waals surface area (Å²) in [5.74, 6) is -2.22. The van der Waals surface area contributed by atoms with Crippen LogP contribution in [0, 0.1) is 38.7 Å². The number of carbonyl (C=O) groups excluding carboxylic acids is 3. The highest BCUT2D eigenvalue weighted by Gasteiger charge is 2.81. The van der Waals surface area contributed by atoms with Crippen LogP contribution in [0.2, 0.25) is 0 Å². The Morgan fingerprint density at radius 3 is 2.54 bits per heavy atom. The zero-order valence-electron chi connectivity index (χ0n) is 26.5. The van der Waals surface area contributed by atoms with Gasteiger partial charge in [-0.3, -0.25) is 9.59 Å². The minimum Gasteiger partial charge on any atom is -0.424 e. The molecule has 46 heavy (non-hydrogen) atoms. The lowest BCUT2D eigenvalue weighted by molar-refractivity contribution is -0.763. The van der Waals surface area contributed by atoms with E-state index in [2.05, 4.69) is 11.8 Å². The topological polar surface area (TPSA) is 172 Å². The zero-order valence-corrected chi connectivity index (χ0v) is 26.5. The molecule has 0 bridgehead atoms. The average Bonchev–Trinajstić information content (AvgIpc) is 3.40. The Labute approximate surface area is 266 Å². The standard InChI is InChI=1S/C34H41NO11/c1-5-6-26-45-33(4)16-24-23-12-11-21-15-22(36)13-14-31(21,2)27(23)25(37)17-32(24,3)34(33,46-26)28(38)30(40)44-29(39)20-9-7-19(8-10-20)18-43-35(41)42/h7-10,13-15,23-27,30,37,40H,5-6,11-12,16-18H2,1-4H3/t23?,24?,25-,26?,27?,30?,31-,32-,33-,34-/m0/s1. The molecule has 0 aromatic heterocycles. The third-order valence-corrected chi connectivity index (χ3v) is 11.6. The molecule has 1 saturated heterocycles. The van der Waals surface area contributed by atoms with Crippen molar-refractivity contribution >= 4 is 17.5 Å². The highest BCUT2D eigenvalue weighted by molar-refractivity contribution is 6.01. The molecule has 0 amide bonds. The van der Waals surface area contributed by atoms with Gasteiger partial charge < -0.3 is 29.3 Å². The van der Waals surface area contributed by atoms with E-state index in [1.165, 1.54) is 24.3 Å². The van der Waals surface area contributed by atoms with Gasteiger partial charge >= 0.3 is 5.97 Å². The summed E-state index contributed by atoms with van der Waals surface area (Å²) >= 11 is 0. The Balaban J connectivity index is 1.31. The molecule has 3 saturated carbocycles. The number of ketones is 2. The molecule has 0 spiro atoms. The highest BCUT2D eigenvalue weighted by Crippen LogP contribution is 2.72. The van der Waals surface area contributed by atoms with E-state index in [4.69, 9.17) is 14.2 Å². The van der Waals surface area contributed by atoms with E-state index < -0.39 is 57.6 Å². The van der Waals surface area contributed by atoms with Crippen LogP contribution >= 0.6 is 0 Å². The van der Waals surface area contributed by atoms with E-state index in [9.17, 15) is 34.7 Å². The Morgan fingerprint density at radius 2 is 1.87 bits per heavy atom. The predicted molar refractivity (Wildman–Crippen MR) is 160 cm³/mol. The predicted octanol–water partition coefficient (Wildman–Crippen LogP) is 4.00. The van der Waals surface area contributed by atoms with Crippen LogP contribution in [0.15, 0.2) is 48.1 Å². The van der Waals surface area contributed by atoms with Crippen LogP contribution in [-0.4, -0.2) is 62.7 Å². The number of ether oxygens (including phenoxy) is 3. The molecule has 1 heterocycles. The fraction of sp³-hybridized carbons (Fsp3) is 0.618. The van der Waals surface area contributed by atoms with Crippen molar-refractivity contribution in [1.82, 2.24) is 0 Å². The molecule has 4 aliphatic carbocycles. The Morgan fingerprint density at radius 1 is 1.15 bits per heavy atom. The van der Waals surface area contributed by atoms with Gasteiger partial charge in [0.25, 0.3) is 11.4 Å². The number of benzene rings is 1. The molecule has 4 fully saturated rings. The van der Waals surface area contributed by atoms with Gasteiger partial charge in [0.15, 0.2) is 17.7 Å². The number of hydrogen-bond acceptors (Lipinski definition) is 11. The van der Waals surface area contributed by atoms with Crippen molar-refractivity contribution in [1.29, 1.82) is 0 Å². The molecular formula is C34H41NO11. The zero-order chi connectivity index (χ0) is 33.2. The van der Waals surface area contributed by atoms with E-state index in [0.717, 1.165) is 12.0 Å². The van der Waals surface area contributed by atoms with Crippen LogP contribution in [0.5, 0.6) is 0 Å². The molecule has 1 aromatic carbocycles. The van der Waals surface area contributed by atoms with E-state index in [1.54, 1.807) is 12.2 Å². The van der Waals surface area contributed by atoms with Crippen molar-refractivity contribution in [2.75, 3.05) is 0 Å². The minimum atomic E-state index is -2.19. The summed E-state index contributed by atoms with van der Waals surface area (Å²) in [4.78, 5) is 54.7. The van der Waals surface area contributed by atoms with Crippen LogP contribution in [-0.2, 0) is 35.2 Å². The number of rotatable bonds is 9. The van der Waals surface area contributed by atoms with Crippen LogP contribution in [0.4, 0.5) is 0 Å². The van der Waals surface area contributed by atoms with Crippen molar-refractivity contribution in [3.05, 3.63) is 69.3 Å². The number of carbonyl (C=O) groups is 3. The Kier molecular flexibility index (Phi) is 8.02. The second kappa shape index (κ2) is 11.4. The van der Waals surface area contributed by atoms with Crippen LogP contribution < -0.4 is 0 Å². The van der Waals surface area contributed by atoms with Crippen molar-refractivity contribution in [2.24, 2.45) is 28.6 Å². The number of fused-ring (bicyclic) bond motifs is 7. The summed E-state index contributed by atoms with van der Waals surface area (Å²) in [6.07, 6.45) is 4.65. The first kappa shape index (κ1) is 32.5. The Bertz CT molecular complexity index is 1500. The normalized spacial score (nSPS) is 39.7. The maximum absolute atomic E-state index is 14.6. The van der Waals surface area contributed by atoms with Gasteiger partial charge in [0.05, 0.1) is 11.7 Å². The number of hydrogen-bond donors (Lipinski definition) is 2. The van der Waals surface area contributed by atoms with Crippen molar-refractivity contribution in [2.45, 2.75) is 103 Å². The third-order valence-electron chi connectivity index (χ3n) is 11.6. The fourth-order valence-electron chi connectivity index (χ4n) is 9.74. The van der Waals surface area contributed by atoms with Gasteiger partial charge in [0, 0.05) is 16.7 Å². The smallest absolute Gasteiger partial charge is 0.340 e. The van der Waals surface area contributed by atoms with Gasteiger partial charge in [0.1, 0.15) is 12.2 Å². The van der Waals surface area contributed by atoms with Gasteiger partial charge in [-0.15, -0.1) is 10.1 Å². The first-order valence-corrected chi connectivity index (χ1v) is 16.0. The second-order valence-electron chi connectivity index (χ2n) is 14.1. The molecule has 2 N–H and O–H groups in total. The Hall–Kier alpha value is -3.45. The molecule has 6 rings (SSSR count). The molecule has 5 unspecified atom stereocenters. The number of nitrogens with zero attached hydrogens (tertiary/aromatic N) is 1. The summed E-state index contributed by atoms with van der Waals surface area (Å²) in [5.41, 5.74) is -2.94. The number of allylic oxidation sites excluding steroid dienone is 4. The van der Waals surface area contributed by atoms with Gasteiger partial charge in [-0.05, 0) is 80.7 Å². The fourth-order valence-corrected chi connectivity index (χ4v) is 9.74. The maximum Gasteiger partial charge on any atom is 0.340 e. The minimum absolute atomic E-state index is 0.0224. The largest absolute Gasteiger partial charge is 0.424 e. The number of aliphatic hydroxyl groups excluding tert-OH is 2. The van der Waals surface area contributed by atoms with E-state index >= 15 is 0 Å². The maximum atomic E-state index is 14.6. The van der Waals surface area contributed by atoms with Crippen LogP contribution in [0.25, 0.3) is 0 Å². The first-order chi connectivity index (χ1) is 21.7. The molecule has 1 aliphatic heterocycles. The van der Waals surface area contributed by atoms with Gasteiger partial charge in [-0.2, -0.15) is 0 Å². The summed E-state index contributed by atoms with van der Waals surface area (Å²) in [6, 6.07) is 5.60. The van der Waals surface area contributed by atoms with Crippen molar-refractivity contribution in [3.8, 4) is 0 Å². The number of esters is 1. The number of aliphatic hydroxyl groups is 2. The lowest BCUT2D eigenvalue weighted by atomic mass is 9.46. The molecule has 1 aromatic rings. The summed E-state index contributed by atoms with van der Waals surface area (Å²) < 4.78 is 18.5. The first-order valence-electron chi connectivity index (χ1n) is 16.0. The monoisotopic (exact) mass is 639 g/mol. The van der Waals surface area contributed by atoms with Crippen LogP contribution in [0.3, 0.4) is 0 Å². The summed E-state index contributed by atoms with van der Waals surface area (Å²) in [7, 11) is 0. The summed E-state index contributed by atoms with van der Waals surface area (Å²) in [5, 5.41) is 32.8. The SMILES string of the molecule is CCCC1O[C@@]2(C(=O)C(O)OC(=O)c3ccc(CO[N+](=O)[O-])cc3)[C@@]3(C)C[C@H](O)C4C(CCC5=CC(=O)C=C[C@@]54C)C3C[C@]2(C)O1. The van der Waals surface area contributed by atoms with E-state index in [1.807, 2.05) is 26.8 Å². The summed E-state index contributed by atoms with van der Waals surface area (Å²) in [6.45, 7) is 7.48. The van der Waals surface area contributed by atoms with Gasteiger partial charge in [-0.25, -0.2) is 4.79 Å². The van der Waals surface area contributed by atoms with Gasteiger partial charge in [-0.1, -0.05) is 51.0 Å². The molecular weight excluding hydrogens is 598 g/mol.